The Hall–Kier alpha value is -2.33. The van der Waals surface area contributed by atoms with Crippen molar-refractivity contribution in [3.63, 3.8) is 0 Å². The quantitative estimate of drug-likeness (QED) is 0.733. The molecule has 1 heterocycles. The van der Waals surface area contributed by atoms with E-state index in [1.54, 1.807) is 0 Å². The highest BCUT2D eigenvalue weighted by atomic mass is 16.5. The zero-order valence-corrected chi connectivity index (χ0v) is 14.8. The SMILES string of the molecule is Cc1cccc(OC[C@@H](O)Cn2c[n+](C)c3cc(C)c(C)cc32)c1. The molecule has 0 aliphatic rings. The number of fused-ring (bicyclic) bond motifs is 1. The van der Waals surface area contributed by atoms with Crippen LogP contribution in [0.2, 0.25) is 0 Å². The fourth-order valence-electron chi connectivity index (χ4n) is 2.95. The van der Waals surface area contributed by atoms with E-state index < -0.39 is 6.10 Å². The smallest absolute Gasteiger partial charge is 0.244 e. The number of ether oxygens (including phenoxy) is 1. The van der Waals surface area contributed by atoms with E-state index in [2.05, 4.69) is 35.1 Å². The molecule has 0 bridgehead atoms. The predicted molar refractivity (Wildman–Crippen MR) is 95.3 cm³/mol. The summed E-state index contributed by atoms with van der Waals surface area (Å²) in [5.74, 6) is 0.795. The molecular weight excluding hydrogens is 300 g/mol. The number of nitrogens with zero attached hydrogens (tertiary/aromatic N) is 2. The summed E-state index contributed by atoms with van der Waals surface area (Å²) < 4.78 is 9.89. The summed E-state index contributed by atoms with van der Waals surface area (Å²) in [6, 6.07) is 12.2. The van der Waals surface area contributed by atoms with Gasteiger partial charge in [0.15, 0.2) is 11.0 Å². The second-order valence-electron chi connectivity index (χ2n) is 6.59. The molecule has 0 amide bonds. The lowest BCUT2D eigenvalue weighted by Crippen LogP contribution is -2.27. The lowest BCUT2D eigenvalue weighted by molar-refractivity contribution is -0.645. The molecular formula is C20H25N2O2+. The first-order chi connectivity index (χ1) is 11.4. The van der Waals surface area contributed by atoms with Crippen LogP contribution in [0.4, 0.5) is 0 Å². The minimum atomic E-state index is -0.567. The summed E-state index contributed by atoms with van der Waals surface area (Å²) in [4.78, 5) is 0. The van der Waals surface area contributed by atoms with Crippen LogP contribution >= 0.6 is 0 Å². The van der Waals surface area contributed by atoms with Gasteiger partial charge in [0.1, 0.15) is 25.0 Å². The Kier molecular flexibility index (Phi) is 4.58. The zero-order valence-electron chi connectivity index (χ0n) is 14.8. The fraction of sp³-hybridized carbons (Fsp3) is 0.350. The monoisotopic (exact) mass is 325 g/mol. The number of rotatable bonds is 5. The third-order valence-electron chi connectivity index (χ3n) is 4.43. The summed E-state index contributed by atoms with van der Waals surface area (Å²) in [6.45, 7) is 7.04. The molecule has 1 aromatic heterocycles. The van der Waals surface area contributed by atoms with Crippen LogP contribution in [0.5, 0.6) is 5.75 Å². The molecule has 0 saturated heterocycles. The highest BCUT2D eigenvalue weighted by Gasteiger charge is 2.18. The minimum Gasteiger partial charge on any atom is -0.491 e. The van der Waals surface area contributed by atoms with Crippen LogP contribution < -0.4 is 9.30 Å². The molecule has 1 atom stereocenters. The largest absolute Gasteiger partial charge is 0.491 e. The van der Waals surface area contributed by atoms with Crippen molar-refractivity contribution in [2.75, 3.05) is 6.61 Å². The van der Waals surface area contributed by atoms with Crippen LogP contribution in [0.3, 0.4) is 0 Å². The summed E-state index contributed by atoms with van der Waals surface area (Å²) in [7, 11) is 2.03. The van der Waals surface area contributed by atoms with Gasteiger partial charge in [0.2, 0.25) is 6.33 Å². The van der Waals surface area contributed by atoms with Gasteiger partial charge in [-0.3, -0.25) is 0 Å². The summed E-state index contributed by atoms with van der Waals surface area (Å²) in [6.07, 6.45) is 1.46. The molecule has 0 radical (unpaired) electrons. The van der Waals surface area contributed by atoms with Gasteiger partial charge >= 0.3 is 0 Å². The molecule has 0 aliphatic heterocycles. The summed E-state index contributed by atoms with van der Waals surface area (Å²) >= 11 is 0. The van der Waals surface area contributed by atoms with Gasteiger partial charge < -0.3 is 9.84 Å². The maximum Gasteiger partial charge on any atom is 0.244 e. The summed E-state index contributed by atoms with van der Waals surface area (Å²) in [5.41, 5.74) is 5.99. The molecule has 0 spiro atoms. The second-order valence-corrected chi connectivity index (χ2v) is 6.59. The molecule has 24 heavy (non-hydrogen) atoms. The Bertz CT molecular complexity index is 867. The predicted octanol–water partition coefficient (Wildman–Crippen LogP) is 2.83. The molecule has 2 aromatic carbocycles. The van der Waals surface area contributed by atoms with E-state index in [0.29, 0.717) is 6.54 Å². The molecule has 0 aliphatic carbocycles. The first-order valence-electron chi connectivity index (χ1n) is 8.27. The number of imidazole rings is 1. The van der Waals surface area contributed by atoms with E-state index in [9.17, 15) is 5.11 Å². The Morgan fingerprint density at radius 3 is 2.62 bits per heavy atom. The molecule has 3 aromatic rings. The second kappa shape index (κ2) is 6.65. The third kappa shape index (κ3) is 3.44. The molecule has 3 rings (SSSR count). The minimum absolute atomic E-state index is 0.275. The first kappa shape index (κ1) is 16.5. The van der Waals surface area contributed by atoms with Gasteiger partial charge in [-0.2, -0.15) is 0 Å². The van der Waals surface area contributed by atoms with Crippen LogP contribution in [0.25, 0.3) is 11.0 Å². The molecule has 126 valence electrons. The average Bonchev–Trinajstić information content (AvgIpc) is 2.82. The summed E-state index contributed by atoms with van der Waals surface area (Å²) in [5, 5.41) is 10.4. The number of aryl methyl sites for hydroxylation is 4. The highest BCUT2D eigenvalue weighted by Crippen LogP contribution is 2.18. The third-order valence-corrected chi connectivity index (χ3v) is 4.43. The standard InChI is InChI=1S/C20H25N2O2/c1-14-6-5-7-18(8-14)24-12-17(23)11-22-13-21(4)19-9-15(2)16(3)10-20(19)22/h5-10,13,17,23H,11-12H2,1-4H3/q+1/t17-/m0/s1. The Balaban J connectivity index is 1.73. The van der Waals surface area contributed by atoms with Gasteiger partial charge in [0.05, 0.1) is 7.05 Å². The first-order valence-corrected chi connectivity index (χ1v) is 8.27. The number of hydrogen-bond donors (Lipinski definition) is 1. The van der Waals surface area contributed by atoms with Gasteiger partial charge in [0.25, 0.3) is 0 Å². The van der Waals surface area contributed by atoms with Crippen molar-refractivity contribution in [2.45, 2.75) is 33.4 Å². The van der Waals surface area contributed by atoms with E-state index >= 15 is 0 Å². The van der Waals surface area contributed by atoms with E-state index in [1.807, 2.05) is 44.6 Å². The van der Waals surface area contributed by atoms with E-state index in [-0.39, 0.29) is 6.61 Å². The van der Waals surface area contributed by atoms with Crippen molar-refractivity contribution in [1.82, 2.24) is 4.57 Å². The number of aromatic nitrogens is 2. The van der Waals surface area contributed by atoms with E-state index in [4.69, 9.17) is 4.74 Å². The maximum atomic E-state index is 10.4. The van der Waals surface area contributed by atoms with Crippen molar-refractivity contribution in [1.29, 1.82) is 0 Å². The van der Waals surface area contributed by atoms with Crippen LogP contribution in [0.15, 0.2) is 42.7 Å². The van der Waals surface area contributed by atoms with Crippen molar-refractivity contribution < 1.29 is 14.4 Å². The Morgan fingerprint density at radius 1 is 1.12 bits per heavy atom. The van der Waals surface area contributed by atoms with Gasteiger partial charge in [-0.25, -0.2) is 9.13 Å². The number of aliphatic hydroxyl groups excluding tert-OH is 1. The van der Waals surface area contributed by atoms with Gasteiger partial charge in [-0.1, -0.05) is 12.1 Å². The number of aliphatic hydroxyl groups is 1. The maximum absolute atomic E-state index is 10.4. The topological polar surface area (TPSA) is 38.3 Å². The van der Waals surface area contributed by atoms with Gasteiger partial charge in [0, 0.05) is 0 Å². The fourth-order valence-corrected chi connectivity index (χ4v) is 2.95. The van der Waals surface area contributed by atoms with Crippen molar-refractivity contribution in [2.24, 2.45) is 7.05 Å². The number of hydrogen-bond acceptors (Lipinski definition) is 2. The van der Waals surface area contributed by atoms with Crippen LogP contribution in [-0.4, -0.2) is 22.4 Å². The van der Waals surface area contributed by atoms with Crippen molar-refractivity contribution in [3.8, 4) is 5.75 Å². The average molecular weight is 325 g/mol. The Morgan fingerprint density at radius 2 is 1.88 bits per heavy atom. The van der Waals surface area contributed by atoms with Crippen LogP contribution in [0.1, 0.15) is 16.7 Å². The molecule has 4 heteroatoms. The molecule has 4 nitrogen and oxygen atoms in total. The lowest BCUT2D eigenvalue weighted by Gasteiger charge is -2.11. The van der Waals surface area contributed by atoms with Crippen molar-refractivity contribution >= 4 is 11.0 Å². The van der Waals surface area contributed by atoms with Gasteiger partial charge in [-0.15, -0.1) is 0 Å². The van der Waals surface area contributed by atoms with E-state index in [0.717, 1.165) is 16.8 Å². The van der Waals surface area contributed by atoms with Crippen LogP contribution in [-0.2, 0) is 13.6 Å². The Labute approximate surface area is 142 Å². The zero-order chi connectivity index (χ0) is 17.3. The number of benzene rings is 2. The highest BCUT2D eigenvalue weighted by molar-refractivity contribution is 5.74. The van der Waals surface area contributed by atoms with Gasteiger partial charge in [-0.05, 0) is 61.7 Å². The van der Waals surface area contributed by atoms with Crippen LogP contribution in [0, 0.1) is 20.8 Å². The molecule has 1 N–H and O–H groups in total. The normalized spacial score (nSPS) is 12.5. The molecule has 0 fully saturated rings. The molecule has 0 unspecified atom stereocenters. The van der Waals surface area contributed by atoms with E-state index in [1.165, 1.54) is 16.6 Å². The van der Waals surface area contributed by atoms with Crippen molar-refractivity contribution in [3.05, 3.63) is 59.4 Å². The molecule has 0 saturated carbocycles. The lowest BCUT2D eigenvalue weighted by atomic mass is 10.1.